The molecule has 0 amide bonds. The summed E-state index contributed by atoms with van der Waals surface area (Å²) in [4.78, 5) is 2.27. The van der Waals surface area contributed by atoms with Crippen molar-refractivity contribution < 1.29 is 13.2 Å². The van der Waals surface area contributed by atoms with Crippen LogP contribution < -0.4 is 9.46 Å². The van der Waals surface area contributed by atoms with Crippen molar-refractivity contribution in [3.63, 3.8) is 0 Å². The fourth-order valence-corrected chi connectivity index (χ4v) is 4.72. The molecule has 1 saturated heterocycles. The number of rotatable bonds is 9. The molecule has 2 atom stereocenters. The van der Waals surface area contributed by atoms with Gasteiger partial charge in [0.2, 0.25) is 10.0 Å². The number of likely N-dealkylation sites (tertiary alicyclic amines) is 1. The molecular weight excluding hydrogens is 396 g/mol. The van der Waals surface area contributed by atoms with Gasteiger partial charge in [-0.1, -0.05) is 56.3 Å². The van der Waals surface area contributed by atoms with E-state index in [1.54, 1.807) is 6.92 Å². The van der Waals surface area contributed by atoms with Crippen LogP contribution in [0.3, 0.4) is 0 Å². The van der Waals surface area contributed by atoms with Gasteiger partial charge in [0.15, 0.2) is 6.23 Å². The summed E-state index contributed by atoms with van der Waals surface area (Å²) >= 11 is 0. The van der Waals surface area contributed by atoms with E-state index in [-0.39, 0.29) is 18.0 Å². The van der Waals surface area contributed by atoms with Crippen LogP contribution in [0.25, 0.3) is 0 Å². The number of sulfonamides is 1. The highest BCUT2D eigenvalue weighted by Gasteiger charge is 2.29. The molecule has 2 aromatic rings. The van der Waals surface area contributed by atoms with Crippen molar-refractivity contribution in [1.82, 2.24) is 9.62 Å². The van der Waals surface area contributed by atoms with Gasteiger partial charge in [0.25, 0.3) is 0 Å². The average Bonchev–Trinajstić information content (AvgIpc) is 2.74. The van der Waals surface area contributed by atoms with E-state index in [0.717, 1.165) is 31.6 Å². The second-order valence-corrected chi connectivity index (χ2v) is 10.4. The van der Waals surface area contributed by atoms with E-state index in [9.17, 15) is 8.42 Å². The van der Waals surface area contributed by atoms with Gasteiger partial charge in [-0.15, -0.1) is 0 Å². The van der Waals surface area contributed by atoms with Crippen molar-refractivity contribution in [3.8, 4) is 5.75 Å². The van der Waals surface area contributed by atoms with Gasteiger partial charge in [-0.25, -0.2) is 13.1 Å². The van der Waals surface area contributed by atoms with E-state index in [4.69, 9.17) is 4.74 Å². The van der Waals surface area contributed by atoms with Gasteiger partial charge < -0.3 is 4.74 Å². The van der Waals surface area contributed by atoms with E-state index in [1.165, 1.54) is 11.1 Å². The lowest BCUT2D eigenvalue weighted by Gasteiger charge is -2.38. The van der Waals surface area contributed by atoms with Crippen molar-refractivity contribution in [1.29, 1.82) is 0 Å². The van der Waals surface area contributed by atoms with Crippen LogP contribution >= 0.6 is 0 Å². The maximum atomic E-state index is 12.1. The standard InChI is InChI=1S/C24H34N2O3S/c1-4-30(27,28)25-22-11-8-16-26(18-22)24(17-20-9-6-5-7-10-20)29-23-14-12-21(13-15-23)19(2)3/h5-7,9-10,12-15,19,22,24-25H,4,8,11,16-18H2,1-3H3. The zero-order valence-electron chi connectivity index (χ0n) is 18.3. The van der Waals surface area contributed by atoms with Crippen LogP contribution in [0.4, 0.5) is 0 Å². The first-order chi connectivity index (χ1) is 14.4. The first kappa shape index (κ1) is 22.8. The van der Waals surface area contributed by atoms with Crippen molar-refractivity contribution in [2.45, 2.75) is 58.2 Å². The summed E-state index contributed by atoms with van der Waals surface area (Å²) in [6.07, 6.45) is 2.40. The number of hydrogen-bond acceptors (Lipinski definition) is 4. The highest BCUT2D eigenvalue weighted by Crippen LogP contribution is 2.23. The molecule has 6 heteroatoms. The smallest absolute Gasteiger partial charge is 0.211 e. The molecule has 2 aromatic carbocycles. The normalized spacial score (nSPS) is 19.0. The topological polar surface area (TPSA) is 58.6 Å². The molecule has 0 aromatic heterocycles. The SMILES string of the molecule is CCS(=O)(=O)NC1CCCN(C(Cc2ccccc2)Oc2ccc(C(C)C)cc2)C1. The van der Waals surface area contributed by atoms with E-state index < -0.39 is 10.0 Å². The highest BCUT2D eigenvalue weighted by atomic mass is 32.2. The summed E-state index contributed by atoms with van der Waals surface area (Å²) < 4.78 is 33.4. The maximum absolute atomic E-state index is 12.1. The lowest BCUT2D eigenvalue weighted by molar-refractivity contribution is 0.00610. The van der Waals surface area contributed by atoms with Crippen molar-refractivity contribution >= 4 is 10.0 Å². The first-order valence-electron chi connectivity index (χ1n) is 10.9. The van der Waals surface area contributed by atoms with Gasteiger partial charge in [0.1, 0.15) is 5.75 Å². The summed E-state index contributed by atoms with van der Waals surface area (Å²) in [5, 5.41) is 0. The van der Waals surface area contributed by atoms with Crippen LogP contribution in [0.5, 0.6) is 5.75 Å². The average molecular weight is 431 g/mol. The summed E-state index contributed by atoms with van der Waals surface area (Å²) in [5.74, 6) is 1.43. The summed E-state index contributed by atoms with van der Waals surface area (Å²) in [5.41, 5.74) is 2.49. The molecule has 0 spiro atoms. The van der Waals surface area contributed by atoms with Crippen LogP contribution in [-0.4, -0.2) is 44.4 Å². The number of benzene rings is 2. The Kier molecular flexibility index (Phi) is 7.92. The molecule has 2 unspecified atom stereocenters. The van der Waals surface area contributed by atoms with Gasteiger partial charge >= 0.3 is 0 Å². The molecule has 0 saturated carbocycles. The second-order valence-electron chi connectivity index (χ2n) is 8.34. The number of nitrogens with one attached hydrogen (secondary N) is 1. The molecule has 164 valence electrons. The number of hydrogen-bond donors (Lipinski definition) is 1. The third-order valence-electron chi connectivity index (χ3n) is 5.66. The van der Waals surface area contributed by atoms with E-state index in [2.05, 4.69) is 47.7 Å². The minimum absolute atomic E-state index is 0.0751. The Morgan fingerprint density at radius 1 is 1.10 bits per heavy atom. The third kappa shape index (κ3) is 6.56. The molecule has 0 radical (unpaired) electrons. The monoisotopic (exact) mass is 430 g/mol. The molecule has 1 fully saturated rings. The van der Waals surface area contributed by atoms with Crippen LogP contribution in [0, 0.1) is 0 Å². The highest BCUT2D eigenvalue weighted by molar-refractivity contribution is 7.89. The Morgan fingerprint density at radius 2 is 1.80 bits per heavy atom. The third-order valence-corrected chi connectivity index (χ3v) is 7.11. The van der Waals surface area contributed by atoms with Crippen molar-refractivity contribution in [3.05, 3.63) is 65.7 Å². The first-order valence-corrected chi connectivity index (χ1v) is 12.6. The molecule has 1 aliphatic heterocycles. The van der Waals surface area contributed by atoms with Crippen molar-refractivity contribution in [2.75, 3.05) is 18.8 Å². The van der Waals surface area contributed by atoms with Gasteiger partial charge in [0, 0.05) is 25.6 Å². The lowest BCUT2D eigenvalue weighted by atomic mass is 10.0. The van der Waals surface area contributed by atoms with Crippen LogP contribution in [-0.2, 0) is 16.4 Å². The maximum Gasteiger partial charge on any atom is 0.211 e. The molecule has 3 rings (SSSR count). The zero-order chi connectivity index (χ0) is 21.6. The van der Waals surface area contributed by atoms with Gasteiger partial charge in [0.05, 0.1) is 5.75 Å². The molecule has 5 nitrogen and oxygen atoms in total. The van der Waals surface area contributed by atoms with Crippen molar-refractivity contribution in [2.24, 2.45) is 0 Å². The zero-order valence-corrected chi connectivity index (χ0v) is 19.1. The molecule has 30 heavy (non-hydrogen) atoms. The van der Waals surface area contributed by atoms with Gasteiger partial charge in [-0.2, -0.15) is 0 Å². The number of piperidine rings is 1. The predicted octanol–water partition coefficient (Wildman–Crippen LogP) is 4.16. The Bertz CT molecular complexity index is 882. The second kappa shape index (κ2) is 10.4. The predicted molar refractivity (Wildman–Crippen MR) is 122 cm³/mol. The van der Waals surface area contributed by atoms with Crippen LogP contribution in [0.1, 0.15) is 50.7 Å². The fourth-order valence-electron chi connectivity index (χ4n) is 3.85. The van der Waals surface area contributed by atoms with E-state index >= 15 is 0 Å². The van der Waals surface area contributed by atoms with E-state index in [1.807, 2.05) is 30.3 Å². The fraction of sp³-hybridized carbons (Fsp3) is 0.500. The molecule has 1 N–H and O–H groups in total. The Labute approximate surface area is 181 Å². The quantitative estimate of drug-likeness (QED) is 0.649. The lowest BCUT2D eigenvalue weighted by Crippen LogP contribution is -2.53. The van der Waals surface area contributed by atoms with E-state index in [0.29, 0.717) is 12.5 Å². The molecular formula is C24H34N2O3S. The molecule has 1 heterocycles. The Hall–Kier alpha value is -1.89. The molecule has 0 bridgehead atoms. The number of ether oxygens (including phenoxy) is 1. The summed E-state index contributed by atoms with van der Waals surface area (Å²) in [6, 6.07) is 18.6. The van der Waals surface area contributed by atoms with Crippen LogP contribution in [0.15, 0.2) is 54.6 Å². The molecule has 1 aliphatic rings. The van der Waals surface area contributed by atoms with Gasteiger partial charge in [-0.3, -0.25) is 4.90 Å². The minimum Gasteiger partial charge on any atom is -0.475 e. The van der Waals surface area contributed by atoms with Gasteiger partial charge in [-0.05, 0) is 48.9 Å². The molecule has 0 aliphatic carbocycles. The minimum atomic E-state index is -3.22. The Balaban J connectivity index is 1.76. The van der Waals surface area contributed by atoms with Crippen LogP contribution in [0.2, 0.25) is 0 Å². The summed E-state index contributed by atoms with van der Waals surface area (Å²) in [7, 11) is -3.22. The summed E-state index contributed by atoms with van der Waals surface area (Å²) in [6.45, 7) is 7.58. The number of nitrogens with zero attached hydrogens (tertiary/aromatic N) is 1. The largest absolute Gasteiger partial charge is 0.475 e. The Morgan fingerprint density at radius 3 is 2.43 bits per heavy atom.